The van der Waals surface area contributed by atoms with E-state index in [0.29, 0.717) is 19.6 Å². The molecule has 6 heteroatoms. The fraction of sp³-hybridized carbons (Fsp3) is 0.400. The number of halogens is 1. The Morgan fingerprint density at radius 2 is 2.25 bits per heavy atom. The first kappa shape index (κ1) is 12.7. The molecule has 0 amide bonds. The van der Waals surface area contributed by atoms with Crippen molar-refractivity contribution in [3.63, 3.8) is 0 Å². The van der Waals surface area contributed by atoms with E-state index < -0.39 is 5.97 Å². The molecule has 0 saturated carbocycles. The van der Waals surface area contributed by atoms with Gasteiger partial charge in [0.15, 0.2) is 5.69 Å². The molecule has 1 aromatic rings. The molecule has 1 aromatic heterocycles. The van der Waals surface area contributed by atoms with Crippen LogP contribution in [0, 0.1) is 0 Å². The summed E-state index contributed by atoms with van der Waals surface area (Å²) in [5.41, 5.74) is -0.203. The van der Waals surface area contributed by atoms with Gasteiger partial charge in [-0.2, -0.15) is 0 Å². The molecule has 0 bridgehead atoms. The lowest BCUT2D eigenvalue weighted by molar-refractivity contribution is 0.0689. The Morgan fingerprint density at radius 1 is 1.50 bits per heavy atom. The summed E-state index contributed by atoms with van der Waals surface area (Å²) in [4.78, 5) is 14.5. The predicted octanol–water partition coefficient (Wildman–Crippen LogP) is 1.85. The molecule has 88 valence electrons. The Balaban J connectivity index is 2.61. The van der Waals surface area contributed by atoms with Crippen molar-refractivity contribution in [2.24, 2.45) is 0 Å². The van der Waals surface area contributed by atoms with E-state index in [9.17, 15) is 4.79 Å². The Labute approximate surface area is 98.0 Å². The number of hydrogen-bond donors (Lipinski definition) is 1. The molecule has 1 N–H and O–H groups in total. The summed E-state index contributed by atoms with van der Waals surface area (Å²) in [7, 11) is 1.60. The Bertz CT molecular complexity index is 370. The van der Waals surface area contributed by atoms with Gasteiger partial charge in [0.25, 0.3) is 0 Å². The maximum Gasteiger partial charge on any atom is 0.356 e. The lowest BCUT2D eigenvalue weighted by Crippen LogP contribution is -2.06. The SMILES string of the molecule is COCCCOc1ccc(Cl)c(C(=O)O)n1. The van der Waals surface area contributed by atoms with Crippen molar-refractivity contribution >= 4 is 17.6 Å². The molecule has 0 aromatic carbocycles. The number of carboxylic acid groups (broad SMARTS) is 1. The van der Waals surface area contributed by atoms with E-state index in [-0.39, 0.29) is 16.6 Å². The van der Waals surface area contributed by atoms with Crippen LogP contribution in [-0.4, -0.2) is 36.4 Å². The van der Waals surface area contributed by atoms with Gasteiger partial charge >= 0.3 is 5.97 Å². The molecule has 0 aliphatic heterocycles. The molecule has 0 aliphatic carbocycles. The molecule has 1 heterocycles. The lowest BCUT2D eigenvalue weighted by atomic mass is 10.3. The third-order valence-corrected chi connectivity index (χ3v) is 2.07. The molecule has 0 atom stereocenters. The molecule has 0 spiro atoms. The van der Waals surface area contributed by atoms with Gasteiger partial charge in [-0.05, 0) is 6.07 Å². The smallest absolute Gasteiger partial charge is 0.356 e. The normalized spacial score (nSPS) is 10.1. The van der Waals surface area contributed by atoms with E-state index in [0.717, 1.165) is 0 Å². The zero-order valence-corrected chi connectivity index (χ0v) is 9.53. The number of nitrogens with zero attached hydrogens (tertiary/aromatic N) is 1. The third-order valence-electron chi connectivity index (χ3n) is 1.77. The van der Waals surface area contributed by atoms with Crippen LogP contribution in [0.15, 0.2) is 12.1 Å². The van der Waals surface area contributed by atoms with Gasteiger partial charge in [0, 0.05) is 26.2 Å². The van der Waals surface area contributed by atoms with Crippen LogP contribution in [0.4, 0.5) is 0 Å². The first-order valence-electron chi connectivity index (χ1n) is 4.66. The minimum absolute atomic E-state index is 0.0942. The number of aromatic nitrogens is 1. The predicted molar refractivity (Wildman–Crippen MR) is 58.2 cm³/mol. The third kappa shape index (κ3) is 3.67. The standard InChI is InChI=1S/C10H12ClNO4/c1-15-5-2-6-16-8-4-3-7(11)9(12-8)10(13)14/h3-4H,2,5-6H2,1H3,(H,13,14). The summed E-state index contributed by atoms with van der Waals surface area (Å²) in [5, 5.41) is 8.87. The van der Waals surface area contributed by atoms with Crippen molar-refractivity contribution in [1.82, 2.24) is 4.98 Å². The zero-order valence-electron chi connectivity index (χ0n) is 8.77. The van der Waals surface area contributed by atoms with E-state index in [2.05, 4.69) is 4.98 Å². The van der Waals surface area contributed by atoms with E-state index in [1.165, 1.54) is 12.1 Å². The first-order valence-corrected chi connectivity index (χ1v) is 5.04. The monoisotopic (exact) mass is 245 g/mol. The fourth-order valence-electron chi connectivity index (χ4n) is 1.03. The largest absolute Gasteiger partial charge is 0.478 e. The molecule has 0 unspecified atom stereocenters. The van der Waals surface area contributed by atoms with Crippen LogP contribution < -0.4 is 4.74 Å². The molecule has 0 aliphatic rings. The number of aromatic carboxylic acids is 1. The summed E-state index contributed by atoms with van der Waals surface area (Å²) in [6.45, 7) is 1.00. The van der Waals surface area contributed by atoms with Crippen molar-refractivity contribution < 1.29 is 19.4 Å². The summed E-state index contributed by atoms with van der Waals surface area (Å²) in [5.74, 6) is -0.926. The molecular formula is C10H12ClNO4. The highest BCUT2D eigenvalue weighted by atomic mass is 35.5. The molecule has 0 fully saturated rings. The van der Waals surface area contributed by atoms with Crippen LogP contribution in [0.5, 0.6) is 5.88 Å². The summed E-state index contributed by atoms with van der Waals surface area (Å²) in [6, 6.07) is 2.98. The maximum atomic E-state index is 10.7. The summed E-state index contributed by atoms with van der Waals surface area (Å²) < 4.78 is 10.1. The van der Waals surface area contributed by atoms with Crippen LogP contribution in [0.1, 0.15) is 16.9 Å². The Hall–Kier alpha value is -1.33. The molecule has 0 radical (unpaired) electrons. The Kier molecular flexibility index (Phi) is 5.01. The van der Waals surface area contributed by atoms with Gasteiger partial charge in [-0.25, -0.2) is 9.78 Å². The average Bonchev–Trinajstić information content (AvgIpc) is 2.26. The lowest BCUT2D eigenvalue weighted by Gasteiger charge is -2.06. The second-order valence-electron chi connectivity index (χ2n) is 2.98. The number of carbonyl (C=O) groups is 1. The van der Waals surface area contributed by atoms with Crippen LogP contribution in [0.25, 0.3) is 0 Å². The van der Waals surface area contributed by atoms with E-state index in [1.54, 1.807) is 7.11 Å². The van der Waals surface area contributed by atoms with Crippen LogP contribution in [0.2, 0.25) is 5.02 Å². The average molecular weight is 246 g/mol. The highest BCUT2D eigenvalue weighted by Gasteiger charge is 2.11. The van der Waals surface area contributed by atoms with E-state index in [1.807, 2.05) is 0 Å². The van der Waals surface area contributed by atoms with Gasteiger partial charge in [-0.3, -0.25) is 0 Å². The number of methoxy groups -OCH3 is 1. The molecular weight excluding hydrogens is 234 g/mol. The molecule has 1 rings (SSSR count). The number of pyridine rings is 1. The molecule has 16 heavy (non-hydrogen) atoms. The quantitative estimate of drug-likeness (QED) is 0.775. The number of ether oxygens (including phenoxy) is 2. The maximum absolute atomic E-state index is 10.7. The highest BCUT2D eigenvalue weighted by Crippen LogP contribution is 2.17. The van der Waals surface area contributed by atoms with E-state index in [4.69, 9.17) is 26.2 Å². The fourth-order valence-corrected chi connectivity index (χ4v) is 1.22. The number of hydrogen-bond acceptors (Lipinski definition) is 4. The summed E-state index contributed by atoms with van der Waals surface area (Å²) in [6.07, 6.45) is 0.712. The van der Waals surface area contributed by atoms with Gasteiger partial charge < -0.3 is 14.6 Å². The Morgan fingerprint density at radius 3 is 2.88 bits per heavy atom. The van der Waals surface area contributed by atoms with Gasteiger partial charge in [-0.15, -0.1) is 0 Å². The van der Waals surface area contributed by atoms with Gasteiger partial charge in [0.05, 0.1) is 11.6 Å². The molecule has 5 nitrogen and oxygen atoms in total. The van der Waals surface area contributed by atoms with Crippen molar-refractivity contribution in [1.29, 1.82) is 0 Å². The number of carboxylic acids is 1. The van der Waals surface area contributed by atoms with E-state index >= 15 is 0 Å². The highest BCUT2D eigenvalue weighted by molar-refractivity contribution is 6.33. The van der Waals surface area contributed by atoms with Crippen molar-refractivity contribution in [3.8, 4) is 5.88 Å². The van der Waals surface area contributed by atoms with Crippen molar-refractivity contribution in [2.75, 3.05) is 20.3 Å². The van der Waals surface area contributed by atoms with Gasteiger partial charge in [0.2, 0.25) is 5.88 Å². The second-order valence-corrected chi connectivity index (χ2v) is 3.39. The minimum Gasteiger partial charge on any atom is -0.478 e. The first-order chi connectivity index (χ1) is 7.65. The van der Waals surface area contributed by atoms with Crippen LogP contribution in [-0.2, 0) is 4.74 Å². The summed E-state index contributed by atoms with van der Waals surface area (Å²) >= 11 is 5.66. The number of rotatable bonds is 6. The zero-order chi connectivity index (χ0) is 12.0. The van der Waals surface area contributed by atoms with Gasteiger partial charge in [0.1, 0.15) is 0 Å². The minimum atomic E-state index is -1.17. The van der Waals surface area contributed by atoms with Gasteiger partial charge in [-0.1, -0.05) is 11.6 Å². The topological polar surface area (TPSA) is 68.7 Å². The van der Waals surface area contributed by atoms with Crippen molar-refractivity contribution in [2.45, 2.75) is 6.42 Å². The molecule has 0 saturated heterocycles. The second kappa shape index (κ2) is 6.30. The van der Waals surface area contributed by atoms with Crippen LogP contribution in [0.3, 0.4) is 0 Å². The van der Waals surface area contributed by atoms with Crippen LogP contribution >= 0.6 is 11.6 Å². The van der Waals surface area contributed by atoms with Crippen molar-refractivity contribution in [3.05, 3.63) is 22.8 Å².